The lowest BCUT2D eigenvalue weighted by molar-refractivity contribution is -0.112. The lowest BCUT2D eigenvalue weighted by atomic mass is 10.1. The van der Waals surface area contributed by atoms with E-state index in [2.05, 4.69) is 4.99 Å². The molecular weight excluding hydrogens is 286 g/mol. The average Bonchev–Trinajstić information content (AvgIpc) is 2.96. The molecular formula is C15H13N3O2S. The number of carbonyl (C=O) groups excluding carboxylic acids is 1. The van der Waals surface area contributed by atoms with Crippen LogP contribution in [0.5, 0.6) is 0 Å². The number of para-hydroxylation sites is 1. The molecule has 0 spiro atoms. The van der Waals surface area contributed by atoms with Gasteiger partial charge in [0, 0.05) is 25.7 Å². The van der Waals surface area contributed by atoms with E-state index in [9.17, 15) is 9.59 Å². The number of anilines is 1. The van der Waals surface area contributed by atoms with E-state index >= 15 is 0 Å². The van der Waals surface area contributed by atoms with Crippen LogP contribution in [0.25, 0.3) is 5.57 Å². The summed E-state index contributed by atoms with van der Waals surface area (Å²) in [5.74, 6) is -0.118. The minimum absolute atomic E-state index is 0.0908. The first kappa shape index (κ1) is 12.5. The summed E-state index contributed by atoms with van der Waals surface area (Å²) in [7, 11) is 1.74. The summed E-state index contributed by atoms with van der Waals surface area (Å²) in [4.78, 5) is 31.9. The lowest BCUT2D eigenvalue weighted by Gasteiger charge is -2.07. The molecule has 2 aliphatic rings. The maximum Gasteiger partial charge on any atom is 0.271 e. The molecule has 6 heteroatoms. The molecule has 0 fully saturated rings. The highest BCUT2D eigenvalue weighted by molar-refractivity contribution is 7.07. The third kappa shape index (κ3) is 1.65. The zero-order valence-corrected chi connectivity index (χ0v) is 12.3. The van der Waals surface area contributed by atoms with Crippen molar-refractivity contribution in [3.63, 3.8) is 0 Å². The van der Waals surface area contributed by atoms with Crippen molar-refractivity contribution in [1.29, 1.82) is 0 Å². The largest absolute Gasteiger partial charge is 0.311 e. The Morgan fingerprint density at radius 1 is 1.24 bits per heavy atom. The second-order valence-corrected chi connectivity index (χ2v) is 6.14. The van der Waals surface area contributed by atoms with Crippen molar-refractivity contribution in [2.45, 2.75) is 13.0 Å². The van der Waals surface area contributed by atoms with E-state index in [1.807, 2.05) is 24.3 Å². The number of nitrogens with zero attached hydrogens (tertiary/aromatic N) is 3. The van der Waals surface area contributed by atoms with Gasteiger partial charge in [-0.15, -0.1) is 0 Å². The van der Waals surface area contributed by atoms with Gasteiger partial charge in [-0.3, -0.25) is 19.1 Å². The Morgan fingerprint density at radius 3 is 2.86 bits per heavy atom. The van der Waals surface area contributed by atoms with Crippen molar-refractivity contribution >= 4 is 28.5 Å². The minimum atomic E-state index is -0.118. The SMILES string of the molecule is CN1C(=O)/C(=c2\sc3n(c2=O)CCCN=3)c2ccccc21. The molecule has 1 aromatic carbocycles. The monoisotopic (exact) mass is 299 g/mol. The molecule has 0 atom stereocenters. The molecule has 106 valence electrons. The van der Waals surface area contributed by atoms with Gasteiger partial charge in [0.15, 0.2) is 4.80 Å². The number of thiazole rings is 1. The second-order valence-electron chi connectivity index (χ2n) is 5.16. The van der Waals surface area contributed by atoms with Crippen LogP contribution in [0.2, 0.25) is 0 Å². The number of hydrogen-bond acceptors (Lipinski definition) is 4. The predicted molar refractivity (Wildman–Crippen MR) is 81.2 cm³/mol. The van der Waals surface area contributed by atoms with Crippen LogP contribution in [-0.2, 0) is 11.3 Å². The number of likely N-dealkylation sites (N-methyl/N-ethyl adjacent to an activating group) is 1. The summed E-state index contributed by atoms with van der Waals surface area (Å²) < 4.78 is 2.20. The highest BCUT2D eigenvalue weighted by atomic mass is 32.1. The van der Waals surface area contributed by atoms with Crippen LogP contribution in [0.3, 0.4) is 0 Å². The van der Waals surface area contributed by atoms with Crippen molar-refractivity contribution in [3.8, 4) is 0 Å². The van der Waals surface area contributed by atoms with E-state index in [1.54, 1.807) is 16.5 Å². The molecule has 0 N–H and O–H groups in total. The predicted octanol–water partition coefficient (Wildman–Crippen LogP) is 0.109. The quantitative estimate of drug-likeness (QED) is 0.693. The summed E-state index contributed by atoms with van der Waals surface area (Å²) in [5.41, 5.74) is 2.11. The number of amides is 1. The van der Waals surface area contributed by atoms with Gasteiger partial charge in [-0.2, -0.15) is 0 Å². The number of hydrogen-bond donors (Lipinski definition) is 0. The number of benzene rings is 1. The number of fused-ring (bicyclic) bond motifs is 2. The Bertz CT molecular complexity index is 939. The molecule has 4 rings (SSSR count). The standard InChI is InChI=1S/C15H13N3O2S/c1-17-10-6-3-2-5-9(10)11(13(17)19)12-14(20)18-8-4-7-16-15(18)21-12/h2-3,5-6H,4,7-8H2,1H3/b12-11-. The summed E-state index contributed by atoms with van der Waals surface area (Å²) in [5, 5.41) is 0. The fraction of sp³-hybridized carbons (Fsp3) is 0.267. The normalized spacial score (nSPS) is 19.3. The molecule has 2 aromatic rings. The van der Waals surface area contributed by atoms with Crippen LogP contribution < -0.4 is 19.8 Å². The van der Waals surface area contributed by atoms with E-state index in [0.717, 1.165) is 29.0 Å². The van der Waals surface area contributed by atoms with Gasteiger partial charge in [0.1, 0.15) is 4.53 Å². The average molecular weight is 299 g/mol. The van der Waals surface area contributed by atoms with Crippen molar-refractivity contribution in [3.05, 3.63) is 49.5 Å². The van der Waals surface area contributed by atoms with Crippen LogP contribution in [0.1, 0.15) is 12.0 Å². The molecule has 3 heterocycles. The zero-order chi connectivity index (χ0) is 14.6. The van der Waals surface area contributed by atoms with Crippen LogP contribution in [0.15, 0.2) is 34.1 Å². The highest BCUT2D eigenvalue weighted by Crippen LogP contribution is 2.33. The Kier molecular flexibility index (Phi) is 2.62. The summed E-state index contributed by atoms with van der Waals surface area (Å²) >= 11 is 1.33. The van der Waals surface area contributed by atoms with E-state index in [4.69, 9.17) is 0 Å². The van der Waals surface area contributed by atoms with Crippen LogP contribution >= 0.6 is 11.3 Å². The maximum absolute atomic E-state index is 12.6. The van der Waals surface area contributed by atoms with Crippen molar-refractivity contribution in [1.82, 2.24) is 4.57 Å². The Morgan fingerprint density at radius 2 is 2.05 bits per heavy atom. The first-order valence-corrected chi connectivity index (χ1v) is 7.66. The minimum Gasteiger partial charge on any atom is -0.311 e. The van der Waals surface area contributed by atoms with E-state index in [1.165, 1.54) is 11.3 Å². The molecule has 2 aliphatic heterocycles. The van der Waals surface area contributed by atoms with Crippen molar-refractivity contribution in [2.75, 3.05) is 18.5 Å². The first-order chi connectivity index (χ1) is 10.2. The van der Waals surface area contributed by atoms with Gasteiger partial charge in [-0.25, -0.2) is 0 Å². The molecule has 0 saturated carbocycles. The Balaban J connectivity index is 2.14. The molecule has 0 radical (unpaired) electrons. The van der Waals surface area contributed by atoms with E-state index < -0.39 is 0 Å². The third-order valence-electron chi connectivity index (χ3n) is 3.93. The highest BCUT2D eigenvalue weighted by Gasteiger charge is 2.31. The topological polar surface area (TPSA) is 54.7 Å². The van der Waals surface area contributed by atoms with E-state index in [0.29, 0.717) is 16.7 Å². The molecule has 5 nitrogen and oxygen atoms in total. The van der Waals surface area contributed by atoms with Crippen LogP contribution in [-0.4, -0.2) is 24.1 Å². The molecule has 1 amide bonds. The Hall–Kier alpha value is -2.21. The smallest absolute Gasteiger partial charge is 0.271 e. The molecule has 21 heavy (non-hydrogen) atoms. The maximum atomic E-state index is 12.6. The summed E-state index contributed by atoms with van der Waals surface area (Å²) in [6.45, 7) is 1.44. The molecule has 0 unspecified atom stereocenters. The molecule has 1 aromatic heterocycles. The second kappa shape index (κ2) is 4.39. The fourth-order valence-electron chi connectivity index (χ4n) is 2.87. The van der Waals surface area contributed by atoms with Gasteiger partial charge in [-0.1, -0.05) is 29.5 Å². The van der Waals surface area contributed by atoms with Gasteiger partial charge in [0.25, 0.3) is 11.5 Å². The van der Waals surface area contributed by atoms with Gasteiger partial charge in [0.2, 0.25) is 0 Å². The van der Waals surface area contributed by atoms with Crippen LogP contribution in [0, 0.1) is 0 Å². The van der Waals surface area contributed by atoms with Gasteiger partial charge < -0.3 is 4.90 Å². The van der Waals surface area contributed by atoms with Crippen molar-refractivity contribution < 1.29 is 4.79 Å². The number of carbonyl (C=O) groups is 1. The molecule has 0 aliphatic carbocycles. The molecule has 0 bridgehead atoms. The van der Waals surface area contributed by atoms with Gasteiger partial charge in [-0.05, 0) is 12.5 Å². The Labute approximate surface area is 124 Å². The number of aromatic nitrogens is 1. The lowest BCUT2D eigenvalue weighted by Crippen LogP contribution is -2.35. The summed E-state index contributed by atoms with van der Waals surface area (Å²) in [6, 6.07) is 7.58. The van der Waals surface area contributed by atoms with Crippen molar-refractivity contribution in [2.24, 2.45) is 4.99 Å². The van der Waals surface area contributed by atoms with E-state index in [-0.39, 0.29) is 11.5 Å². The van der Waals surface area contributed by atoms with Gasteiger partial charge >= 0.3 is 0 Å². The third-order valence-corrected chi connectivity index (χ3v) is 5.05. The zero-order valence-electron chi connectivity index (χ0n) is 11.5. The number of rotatable bonds is 0. The first-order valence-electron chi connectivity index (χ1n) is 6.84. The summed E-state index contributed by atoms with van der Waals surface area (Å²) in [6.07, 6.45) is 0.878. The van der Waals surface area contributed by atoms with Gasteiger partial charge in [0.05, 0.1) is 11.3 Å². The fourth-order valence-corrected chi connectivity index (χ4v) is 3.98. The van der Waals surface area contributed by atoms with Crippen LogP contribution in [0.4, 0.5) is 5.69 Å². The molecule has 0 saturated heterocycles.